The fraction of sp³-hybridized carbons (Fsp3) is 0.625. The molecule has 3 N–H and O–H groups in total. The SMILES string of the molecule is CCOC(=O)c1cnc(Cl)cc1NC12CCC(N)(CC1)CC2. The number of nitrogens with one attached hydrogen (secondary N) is 1. The van der Waals surface area contributed by atoms with Gasteiger partial charge in [0.15, 0.2) is 0 Å². The summed E-state index contributed by atoms with van der Waals surface area (Å²) in [7, 11) is 0. The highest BCUT2D eigenvalue weighted by atomic mass is 35.5. The maximum atomic E-state index is 12.1. The van der Waals surface area contributed by atoms with Gasteiger partial charge in [-0.15, -0.1) is 0 Å². The second kappa shape index (κ2) is 5.70. The Kier molecular flexibility index (Phi) is 4.03. The van der Waals surface area contributed by atoms with Crippen molar-refractivity contribution in [2.75, 3.05) is 11.9 Å². The predicted molar refractivity (Wildman–Crippen MR) is 86.2 cm³/mol. The summed E-state index contributed by atoms with van der Waals surface area (Å²) in [5.41, 5.74) is 7.53. The smallest absolute Gasteiger partial charge is 0.341 e. The monoisotopic (exact) mass is 323 g/mol. The molecular weight excluding hydrogens is 302 g/mol. The molecule has 0 radical (unpaired) electrons. The Morgan fingerprint density at radius 3 is 2.59 bits per heavy atom. The third-order valence-corrected chi connectivity index (χ3v) is 5.28. The summed E-state index contributed by atoms with van der Waals surface area (Å²) in [5, 5.41) is 3.93. The van der Waals surface area contributed by atoms with Crippen LogP contribution in [0.4, 0.5) is 5.69 Å². The molecule has 22 heavy (non-hydrogen) atoms. The number of nitrogens with zero attached hydrogens (tertiary/aromatic N) is 1. The van der Waals surface area contributed by atoms with Gasteiger partial charge in [0.1, 0.15) is 10.7 Å². The van der Waals surface area contributed by atoms with Crippen molar-refractivity contribution in [3.8, 4) is 0 Å². The van der Waals surface area contributed by atoms with Gasteiger partial charge in [-0.05, 0) is 51.5 Å². The van der Waals surface area contributed by atoms with Crippen LogP contribution < -0.4 is 11.1 Å². The number of fused-ring (bicyclic) bond motifs is 3. The molecule has 3 aliphatic carbocycles. The third kappa shape index (κ3) is 2.92. The Bertz CT molecular complexity index is 566. The minimum atomic E-state index is -0.370. The van der Waals surface area contributed by atoms with Crippen molar-refractivity contribution < 1.29 is 9.53 Å². The molecule has 0 aliphatic heterocycles. The first-order valence-corrected chi connectivity index (χ1v) is 8.23. The topological polar surface area (TPSA) is 77.2 Å². The number of hydrogen-bond acceptors (Lipinski definition) is 5. The van der Waals surface area contributed by atoms with E-state index in [0.717, 1.165) is 38.5 Å². The summed E-state index contributed by atoms with van der Waals surface area (Å²) >= 11 is 6.01. The largest absolute Gasteiger partial charge is 0.462 e. The van der Waals surface area contributed by atoms with E-state index in [4.69, 9.17) is 22.1 Å². The molecular formula is C16H22ClN3O2. The van der Waals surface area contributed by atoms with E-state index in [1.807, 2.05) is 0 Å². The van der Waals surface area contributed by atoms with Gasteiger partial charge in [0.05, 0.1) is 12.3 Å². The molecule has 0 spiro atoms. The molecule has 3 saturated carbocycles. The van der Waals surface area contributed by atoms with Crippen molar-refractivity contribution >= 4 is 23.3 Å². The summed E-state index contributed by atoms with van der Waals surface area (Å²) in [4.78, 5) is 16.1. The summed E-state index contributed by atoms with van der Waals surface area (Å²) in [5.74, 6) is -0.370. The molecule has 3 aliphatic rings. The van der Waals surface area contributed by atoms with Gasteiger partial charge in [-0.3, -0.25) is 0 Å². The van der Waals surface area contributed by atoms with Crippen molar-refractivity contribution in [3.05, 3.63) is 23.0 Å². The van der Waals surface area contributed by atoms with Gasteiger partial charge < -0.3 is 15.8 Å². The average molecular weight is 324 g/mol. The number of carbonyl (C=O) groups is 1. The van der Waals surface area contributed by atoms with Crippen molar-refractivity contribution in [1.29, 1.82) is 0 Å². The summed E-state index contributed by atoms with van der Waals surface area (Å²) in [6.07, 6.45) is 7.61. The Morgan fingerprint density at radius 1 is 1.36 bits per heavy atom. The van der Waals surface area contributed by atoms with Crippen LogP contribution in [0.5, 0.6) is 0 Å². The number of esters is 1. The number of aromatic nitrogens is 1. The van der Waals surface area contributed by atoms with E-state index < -0.39 is 0 Å². The van der Waals surface area contributed by atoms with E-state index >= 15 is 0 Å². The second-order valence-electron chi connectivity index (χ2n) is 6.54. The van der Waals surface area contributed by atoms with Gasteiger partial charge in [-0.25, -0.2) is 9.78 Å². The number of rotatable bonds is 4. The molecule has 0 aromatic carbocycles. The van der Waals surface area contributed by atoms with E-state index in [0.29, 0.717) is 23.0 Å². The lowest BCUT2D eigenvalue weighted by atomic mass is 9.62. The lowest BCUT2D eigenvalue weighted by Crippen LogP contribution is -2.57. The van der Waals surface area contributed by atoms with Gasteiger partial charge in [-0.1, -0.05) is 11.6 Å². The van der Waals surface area contributed by atoms with Gasteiger partial charge in [0.25, 0.3) is 0 Å². The minimum Gasteiger partial charge on any atom is -0.462 e. The molecule has 0 saturated heterocycles. The number of pyridine rings is 1. The quantitative estimate of drug-likeness (QED) is 0.657. The first-order valence-electron chi connectivity index (χ1n) is 7.85. The number of carbonyl (C=O) groups excluding carboxylic acids is 1. The zero-order valence-electron chi connectivity index (χ0n) is 12.8. The maximum absolute atomic E-state index is 12.1. The average Bonchev–Trinajstić information content (AvgIpc) is 2.49. The lowest BCUT2D eigenvalue weighted by molar-refractivity contribution is 0.0526. The molecule has 0 unspecified atom stereocenters. The zero-order valence-corrected chi connectivity index (χ0v) is 13.6. The van der Waals surface area contributed by atoms with Crippen LogP contribution >= 0.6 is 11.6 Å². The fourth-order valence-corrected chi connectivity index (χ4v) is 3.75. The van der Waals surface area contributed by atoms with E-state index in [9.17, 15) is 4.79 Å². The molecule has 0 atom stereocenters. The van der Waals surface area contributed by atoms with Crippen LogP contribution in [-0.4, -0.2) is 28.6 Å². The standard InChI is InChI=1S/C16H22ClN3O2/c1-2-22-14(21)11-10-19-13(17)9-12(11)20-16-6-3-15(18,4-7-16)5-8-16/h9-10H,2-8,18H2,1H3,(H,19,20). The van der Waals surface area contributed by atoms with Crippen LogP contribution in [0, 0.1) is 0 Å². The number of anilines is 1. The summed E-state index contributed by atoms with van der Waals surface area (Å²) in [6, 6.07) is 1.71. The normalized spacial score (nSPS) is 30.1. The molecule has 5 nitrogen and oxygen atoms in total. The Hall–Kier alpha value is -1.33. The number of ether oxygens (including phenoxy) is 1. The summed E-state index contributed by atoms with van der Waals surface area (Å²) in [6.45, 7) is 2.12. The predicted octanol–water partition coefficient (Wildman–Crippen LogP) is 3.13. The van der Waals surface area contributed by atoms with Crippen LogP contribution in [0.3, 0.4) is 0 Å². The van der Waals surface area contributed by atoms with Crippen LogP contribution in [0.1, 0.15) is 55.8 Å². The van der Waals surface area contributed by atoms with Crippen molar-refractivity contribution in [2.24, 2.45) is 5.73 Å². The van der Waals surface area contributed by atoms with E-state index in [1.54, 1.807) is 13.0 Å². The van der Waals surface area contributed by atoms with Crippen LogP contribution in [0.2, 0.25) is 5.15 Å². The molecule has 1 heterocycles. The molecule has 4 rings (SSSR count). The summed E-state index contributed by atoms with van der Waals surface area (Å²) < 4.78 is 5.11. The molecule has 1 aromatic heterocycles. The number of halogens is 1. The highest BCUT2D eigenvalue weighted by Gasteiger charge is 2.46. The number of hydrogen-bond donors (Lipinski definition) is 2. The van der Waals surface area contributed by atoms with Gasteiger partial charge >= 0.3 is 5.97 Å². The molecule has 3 fully saturated rings. The van der Waals surface area contributed by atoms with Crippen LogP contribution in [-0.2, 0) is 4.74 Å². The third-order valence-electron chi connectivity index (χ3n) is 5.07. The number of nitrogens with two attached hydrogens (primary N) is 1. The van der Waals surface area contributed by atoms with Crippen molar-refractivity contribution in [1.82, 2.24) is 4.98 Å². The Labute approximate surface area is 135 Å². The van der Waals surface area contributed by atoms with Crippen LogP contribution in [0.25, 0.3) is 0 Å². The zero-order chi connectivity index (χ0) is 15.8. The Balaban J connectivity index is 1.85. The molecule has 120 valence electrons. The van der Waals surface area contributed by atoms with Crippen molar-refractivity contribution in [2.45, 2.75) is 56.5 Å². The van der Waals surface area contributed by atoms with Gasteiger partial charge in [-0.2, -0.15) is 0 Å². The lowest BCUT2D eigenvalue weighted by Gasteiger charge is -2.52. The van der Waals surface area contributed by atoms with E-state index in [1.165, 1.54) is 6.20 Å². The van der Waals surface area contributed by atoms with E-state index in [-0.39, 0.29) is 17.0 Å². The molecule has 0 amide bonds. The van der Waals surface area contributed by atoms with E-state index in [2.05, 4.69) is 10.3 Å². The second-order valence-corrected chi connectivity index (χ2v) is 6.93. The molecule has 1 aromatic rings. The minimum absolute atomic E-state index is 0.00699. The highest BCUT2D eigenvalue weighted by Crippen LogP contribution is 2.47. The Morgan fingerprint density at radius 2 is 2.00 bits per heavy atom. The molecule has 6 heteroatoms. The first kappa shape index (κ1) is 15.6. The first-order chi connectivity index (χ1) is 10.5. The fourth-order valence-electron chi connectivity index (χ4n) is 3.59. The van der Waals surface area contributed by atoms with Crippen molar-refractivity contribution in [3.63, 3.8) is 0 Å². The van der Waals surface area contributed by atoms with Crippen LogP contribution in [0.15, 0.2) is 12.3 Å². The van der Waals surface area contributed by atoms with Gasteiger partial charge in [0, 0.05) is 17.3 Å². The van der Waals surface area contributed by atoms with Gasteiger partial charge in [0.2, 0.25) is 0 Å². The maximum Gasteiger partial charge on any atom is 0.341 e. The highest BCUT2D eigenvalue weighted by molar-refractivity contribution is 6.29. The molecule has 2 bridgehead atoms.